The summed E-state index contributed by atoms with van der Waals surface area (Å²) in [6.07, 6.45) is 3.87. The van der Waals surface area contributed by atoms with Crippen molar-refractivity contribution in [1.82, 2.24) is 0 Å². The number of hydrogen-bond donors (Lipinski definition) is 3. The van der Waals surface area contributed by atoms with Crippen LogP contribution < -0.4 is 10.6 Å². The summed E-state index contributed by atoms with van der Waals surface area (Å²) >= 11 is 0. The summed E-state index contributed by atoms with van der Waals surface area (Å²) in [5, 5.41) is 4.66. The van der Waals surface area contributed by atoms with Crippen LogP contribution in [0.1, 0.15) is 127 Å². The van der Waals surface area contributed by atoms with E-state index in [4.69, 9.17) is 0 Å². The summed E-state index contributed by atoms with van der Waals surface area (Å²) < 4.78 is 0. The van der Waals surface area contributed by atoms with Crippen LogP contribution in [0.2, 0.25) is 0 Å². The van der Waals surface area contributed by atoms with Crippen molar-refractivity contribution in [3.05, 3.63) is 107 Å². The maximum atomic E-state index is 12.5. The average molecular weight is 637 g/mol. The molecule has 0 saturated heterocycles. The fraction of sp³-hybridized carbons (Fsp3) is 0.381. The summed E-state index contributed by atoms with van der Waals surface area (Å²) in [5.74, 6) is 1.16. The molecule has 0 amide bonds. The maximum absolute atomic E-state index is 12.5. The van der Waals surface area contributed by atoms with Crippen LogP contribution in [0.25, 0.3) is 32.7 Å². The van der Waals surface area contributed by atoms with Crippen molar-refractivity contribution in [2.45, 2.75) is 105 Å². The molecule has 0 aromatic heterocycles. The Morgan fingerprint density at radius 3 is 1.48 bits per heavy atom. The van der Waals surface area contributed by atoms with Crippen LogP contribution in [-0.4, -0.2) is 14.7 Å². The Morgan fingerprint density at radius 2 is 0.935 bits per heavy atom. The zero-order valence-electron chi connectivity index (χ0n) is 29.0. The van der Waals surface area contributed by atoms with Gasteiger partial charge in [0, 0.05) is 0 Å². The minimum absolute atomic E-state index is 0.0165. The van der Waals surface area contributed by atoms with Gasteiger partial charge in [-0.15, -0.1) is 0 Å². The van der Waals surface area contributed by atoms with Gasteiger partial charge in [0.25, 0.3) is 0 Å². The van der Waals surface area contributed by atoms with Crippen LogP contribution in [0, 0.1) is 0 Å². The molecule has 0 aliphatic rings. The van der Waals surface area contributed by atoms with Gasteiger partial charge in [-0.25, -0.2) is 0 Å². The first-order valence-electron chi connectivity index (χ1n) is 17.3. The Morgan fingerprint density at radius 1 is 0.457 bits per heavy atom. The van der Waals surface area contributed by atoms with Crippen molar-refractivity contribution in [2.24, 2.45) is 0 Å². The molecule has 5 rings (SSSR count). The minimum atomic E-state index is -5.64. The second-order valence-electron chi connectivity index (χ2n) is 13.8. The zero-order valence-corrected chi connectivity index (χ0v) is 29.9. The van der Waals surface area contributed by atoms with Gasteiger partial charge in [0.1, 0.15) is 0 Å². The van der Waals surface area contributed by atoms with Gasteiger partial charge in [0.15, 0.2) is 0 Å². The molecule has 46 heavy (non-hydrogen) atoms. The van der Waals surface area contributed by atoms with Crippen LogP contribution in [0.15, 0.2) is 84.9 Å². The molecule has 3 N–H and O–H groups in total. The average Bonchev–Trinajstić information content (AvgIpc) is 3.08. The Balaban J connectivity index is 1.77. The van der Waals surface area contributed by atoms with Crippen LogP contribution >= 0.6 is 7.28 Å². The molecule has 0 bridgehead atoms. The van der Waals surface area contributed by atoms with Gasteiger partial charge in [-0.3, -0.25) is 0 Å². The molecular formula is C42H53O3P. The first kappa shape index (κ1) is 34.3. The molecule has 4 unspecified atom stereocenters. The zero-order chi connectivity index (χ0) is 33.4. The standard InChI is InChI=1S/C42H53O3P/c1-9-27(5)31-17-19-33-23-40(38(29(7)11-3)24-35(33)21-31)37-15-13-14-16-41(37)46(43,44,45)42-26-34-20-18-32(28(6)10-2)22-36(34)25-39(42)30(8)12-4/h13-30,43-45H,9-12H2,1-8H3. The second-order valence-corrected chi connectivity index (χ2v) is 16.7. The van der Waals surface area contributed by atoms with Gasteiger partial charge in [0.2, 0.25) is 0 Å². The fourth-order valence-electron chi connectivity index (χ4n) is 6.76. The van der Waals surface area contributed by atoms with E-state index < -0.39 is 7.28 Å². The third-order valence-corrected chi connectivity index (χ3v) is 13.3. The number of fused-ring (bicyclic) bond motifs is 2. The molecule has 0 aliphatic heterocycles. The molecule has 4 heteroatoms. The molecule has 0 aliphatic carbocycles. The van der Waals surface area contributed by atoms with Crippen LogP contribution in [0.3, 0.4) is 0 Å². The molecule has 4 atom stereocenters. The van der Waals surface area contributed by atoms with Gasteiger partial charge in [0.05, 0.1) is 0 Å². The van der Waals surface area contributed by atoms with Gasteiger partial charge < -0.3 is 0 Å². The molecule has 5 aromatic rings. The van der Waals surface area contributed by atoms with Crippen LogP contribution in [-0.2, 0) is 0 Å². The molecule has 5 aromatic carbocycles. The van der Waals surface area contributed by atoms with E-state index in [9.17, 15) is 14.7 Å². The summed E-state index contributed by atoms with van der Waals surface area (Å²) in [7, 11) is -5.64. The molecule has 0 radical (unpaired) electrons. The number of hydrogen-bond acceptors (Lipinski definition) is 3. The molecule has 0 heterocycles. The van der Waals surface area contributed by atoms with Gasteiger partial charge in [-0.2, -0.15) is 0 Å². The molecule has 0 fully saturated rings. The first-order valence-corrected chi connectivity index (χ1v) is 19.4. The van der Waals surface area contributed by atoms with E-state index in [2.05, 4.69) is 110 Å². The molecule has 244 valence electrons. The number of rotatable bonds is 11. The van der Waals surface area contributed by atoms with Crippen molar-refractivity contribution in [3.63, 3.8) is 0 Å². The van der Waals surface area contributed by atoms with E-state index in [1.165, 1.54) is 16.5 Å². The Kier molecular flexibility index (Phi) is 9.84. The molecule has 0 saturated carbocycles. The van der Waals surface area contributed by atoms with Gasteiger partial charge in [-0.1, -0.05) is 0 Å². The van der Waals surface area contributed by atoms with Crippen LogP contribution in [0.4, 0.5) is 0 Å². The van der Waals surface area contributed by atoms with Crippen LogP contribution in [0.5, 0.6) is 0 Å². The quantitative estimate of drug-likeness (QED) is 0.126. The number of benzene rings is 5. The van der Waals surface area contributed by atoms with E-state index in [1.807, 2.05) is 18.2 Å². The fourth-order valence-corrected chi connectivity index (χ4v) is 9.16. The van der Waals surface area contributed by atoms with Gasteiger partial charge >= 0.3 is 277 Å². The van der Waals surface area contributed by atoms with E-state index in [-0.39, 0.29) is 22.4 Å². The Labute approximate surface area is 276 Å². The molecule has 3 nitrogen and oxygen atoms in total. The topological polar surface area (TPSA) is 60.7 Å². The summed E-state index contributed by atoms with van der Waals surface area (Å²) in [6.45, 7) is 17.5. The predicted octanol–water partition coefficient (Wildman–Crippen LogP) is 10.9. The van der Waals surface area contributed by atoms with E-state index in [0.717, 1.165) is 58.5 Å². The second kappa shape index (κ2) is 13.2. The Bertz CT molecular complexity index is 1860. The first-order chi connectivity index (χ1) is 21.8. The predicted molar refractivity (Wildman–Crippen MR) is 201 cm³/mol. The molecular weight excluding hydrogens is 583 g/mol. The summed E-state index contributed by atoms with van der Waals surface area (Å²) in [6, 6.07) is 28.8. The van der Waals surface area contributed by atoms with Crippen molar-refractivity contribution in [1.29, 1.82) is 0 Å². The SMILES string of the molecule is CCC(C)c1ccc2cc(-c3ccccc3P(O)(O)(O)c3cc4ccc(C(C)CC)cc4cc3C(C)CC)c(C(C)CC)cc2c1. The summed E-state index contributed by atoms with van der Waals surface area (Å²) in [5.41, 5.74) is 6.13. The van der Waals surface area contributed by atoms with Gasteiger partial charge in [-0.05, 0) is 0 Å². The normalized spacial score (nSPS) is 15.8. The Hall–Kier alpha value is -3.07. The van der Waals surface area contributed by atoms with E-state index in [1.54, 1.807) is 12.1 Å². The van der Waals surface area contributed by atoms with Crippen molar-refractivity contribution in [3.8, 4) is 11.1 Å². The van der Waals surface area contributed by atoms with Crippen molar-refractivity contribution in [2.75, 3.05) is 0 Å². The molecule has 0 spiro atoms. The van der Waals surface area contributed by atoms with E-state index >= 15 is 0 Å². The monoisotopic (exact) mass is 636 g/mol. The van der Waals surface area contributed by atoms with Crippen molar-refractivity contribution < 1.29 is 14.7 Å². The third kappa shape index (κ3) is 6.28. The van der Waals surface area contributed by atoms with Crippen molar-refractivity contribution >= 4 is 39.4 Å². The van der Waals surface area contributed by atoms with E-state index in [0.29, 0.717) is 17.4 Å². The summed E-state index contributed by atoms with van der Waals surface area (Å²) in [4.78, 5) is 37.5. The third-order valence-electron chi connectivity index (χ3n) is 10.8.